The Morgan fingerprint density at radius 3 is 2.12 bits per heavy atom. The fourth-order valence-electron chi connectivity index (χ4n) is 3.90. The van der Waals surface area contributed by atoms with Crippen LogP contribution in [-0.2, 0) is 10.0 Å². The lowest BCUT2D eigenvalue weighted by Crippen LogP contribution is -2.37. The van der Waals surface area contributed by atoms with Crippen LogP contribution in [0.3, 0.4) is 0 Å². The highest BCUT2D eigenvalue weighted by atomic mass is 32.2. The number of piperidine rings is 1. The summed E-state index contributed by atoms with van der Waals surface area (Å²) in [4.78, 5) is 0.330. The molecule has 0 amide bonds. The van der Waals surface area contributed by atoms with Crippen molar-refractivity contribution in [2.75, 3.05) is 37.8 Å². The normalized spacial score (nSPS) is 14.7. The highest BCUT2D eigenvalue weighted by molar-refractivity contribution is 7.89. The maximum absolute atomic E-state index is 12.7. The summed E-state index contributed by atoms with van der Waals surface area (Å²) in [6.07, 6.45) is 1.72. The summed E-state index contributed by atoms with van der Waals surface area (Å²) in [7, 11) is -1.85. The monoisotopic (exact) mass is 467 g/mol. The molecule has 3 N–H and O–H groups in total. The second-order valence-corrected chi connectivity index (χ2v) is 9.82. The Labute approximate surface area is 197 Å². The number of hydrogen-bond acceptors (Lipinski definition) is 5. The largest absolute Gasteiger partial charge is 0.497 e. The van der Waals surface area contributed by atoms with Crippen LogP contribution in [0.15, 0.2) is 83.8 Å². The minimum Gasteiger partial charge on any atom is -0.497 e. The average molecular weight is 468 g/mol. The van der Waals surface area contributed by atoms with E-state index in [0.717, 1.165) is 30.8 Å². The standard InChI is InChI=1S/C18H21NO3S.C8H12N2/c1-22-17-7-9-18(10-8-17)23(20,21)19-13-11-16(12-14-19)15-5-3-2-4-6-15;1-2-10-8-6-4-3-5-7(8)9/h2-10,16H,11-14H2,1H3;3-6,10H,2,9H2,1H3. The van der Waals surface area contributed by atoms with Crippen LogP contribution in [0.5, 0.6) is 5.75 Å². The number of nitrogens with one attached hydrogen (secondary N) is 1. The summed E-state index contributed by atoms with van der Waals surface area (Å²) < 4.78 is 32.1. The summed E-state index contributed by atoms with van der Waals surface area (Å²) in [6.45, 7) is 4.09. The van der Waals surface area contributed by atoms with E-state index in [0.29, 0.717) is 29.7 Å². The van der Waals surface area contributed by atoms with Gasteiger partial charge in [0.2, 0.25) is 10.0 Å². The summed E-state index contributed by atoms with van der Waals surface area (Å²) in [5.41, 5.74) is 8.77. The third-order valence-electron chi connectivity index (χ3n) is 5.75. The number of nitrogens with two attached hydrogens (primary N) is 1. The number of ether oxygens (including phenoxy) is 1. The number of nitrogens with zero attached hydrogens (tertiary/aromatic N) is 1. The predicted octanol–water partition coefficient (Wildman–Crippen LogP) is 4.96. The maximum Gasteiger partial charge on any atom is 0.243 e. The number of methoxy groups -OCH3 is 1. The van der Waals surface area contributed by atoms with Gasteiger partial charge in [0.1, 0.15) is 5.75 Å². The summed E-state index contributed by atoms with van der Waals surface area (Å²) in [5.74, 6) is 1.10. The van der Waals surface area contributed by atoms with E-state index in [1.54, 1.807) is 35.7 Å². The first-order chi connectivity index (χ1) is 16.0. The molecule has 0 bridgehead atoms. The van der Waals surface area contributed by atoms with Crippen LogP contribution in [0, 0.1) is 0 Å². The van der Waals surface area contributed by atoms with Crippen molar-refractivity contribution >= 4 is 21.4 Å². The van der Waals surface area contributed by atoms with Crippen LogP contribution >= 0.6 is 0 Å². The lowest BCUT2D eigenvalue weighted by molar-refractivity contribution is 0.319. The van der Waals surface area contributed by atoms with Crippen molar-refractivity contribution in [1.82, 2.24) is 4.31 Å². The van der Waals surface area contributed by atoms with Crippen LogP contribution in [0.2, 0.25) is 0 Å². The van der Waals surface area contributed by atoms with Gasteiger partial charge < -0.3 is 15.8 Å². The van der Waals surface area contributed by atoms with E-state index in [2.05, 4.69) is 17.4 Å². The van der Waals surface area contributed by atoms with Crippen LogP contribution in [0.1, 0.15) is 31.2 Å². The van der Waals surface area contributed by atoms with Crippen LogP contribution in [0.4, 0.5) is 11.4 Å². The topological polar surface area (TPSA) is 84.7 Å². The molecule has 7 heteroatoms. The zero-order valence-electron chi connectivity index (χ0n) is 19.3. The van der Waals surface area contributed by atoms with E-state index in [1.165, 1.54) is 5.56 Å². The van der Waals surface area contributed by atoms with Crippen molar-refractivity contribution in [1.29, 1.82) is 0 Å². The lowest BCUT2D eigenvalue weighted by Gasteiger charge is -2.31. The molecule has 0 saturated carbocycles. The number of anilines is 2. The first-order valence-electron chi connectivity index (χ1n) is 11.2. The third-order valence-corrected chi connectivity index (χ3v) is 7.66. The van der Waals surface area contributed by atoms with Crippen molar-refractivity contribution in [3.05, 3.63) is 84.4 Å². The number of para-hydroxylation sites is 2. The fourth-order valence-corrected chi connectivity index (χ4v) is 5.37. The van der Waals surface area contributed by atoms with Gasteiger partial charge >= 0.3 is 0 Å². The average Bonchev–Trinajstić information content (AvgIpc) is 2.87. The SMILES string of the molecule is CCNc1ccccc1N.COc1ccc(S(=O)(=O)N2CCC(c3ccccc3)CC2)cc1. The second kappa shape index (κ2) is 11.7. The second-order valence-electron chi connectivity index (χ2n) is 7.88. The number of nitrogen functional groups attached to an aromatic ring is 1. The van der Waals surface area contributed by atoms with Gasteiger partial charge in [-0.05, 0) is 67.6 Å². The minimum atomic E-state index is -3.41. The Balaban J connectivity index is 0.000000257. The highest BCUT2D eigenvalue weighted by Crippen LogP contribution is 2.30. The van der Waals surface area contributed by atoms with Crippen molar-refractivity contribution in [3.8, 4) is 5.75 Å². The molecule has 33 heavy (non-hydrogen) atoms. The van der Waals surface area contributed by atoms with Gasteiger partial charge in [-0.1, -0.05) is 42.5 Å². The molecular formula is C26H33N3O3S. The first kappa shape index (κ1) is 24.6. The first-order valence-corrected chi connectivity index (χ1v) is 12.7. The van der Waals surface area contributed by atoms with Crippen molar-refractivity contribution < 1.29 is 13.2 Å². The van der Waals surface area contributed by atoms with Crippen molar-refractivity contribution in [2.45, 2.75) is 30.6 Å². The third kappa shape index (κ3) is 6.49. The smallest absolute Gasteiger partial charge is 0.243 e. The Morgan fingerprint density at radius 1 is 0.939 bits per heavy atom. The number of sulfonamides is 1. The van der Waals surface area contributed by atoms with E-state index in [9.17, 15) is 8.42 Å². The summed E-state index contributed by atoms with van der Waals surface area (Å²) >= 11 is 0. The Kier molecular flexibility index (Phi) is 8.74. The summed E-state index contributed by atoms with van der Waals surface area (Å²) in [5, 5.41) is 3.15. The molecule has 4 rings (SSSR count). The van der Waals surface area contributed by atoms with Gasteiger partial charge in [-0.2, -0.15) is 4.31 Å². The zero-order valence-corrected chi connectivity index (χ0v) is 20.1. The molecule has 1 aliphatic heterocycles. The molecule has 1 saturated heterocycles. The fraction of sp³-hybridized carbons (Fsp3) is 0.308. The van der Waals surface area contributed by atoms with E-state index in [-0.39, 0.29) is 0 Å². The van der Waals surface area contributed by atoms with Gasteiger partial charge in [0.15, 0.2) is 0 Å². The Hall–Kier alpha value is -3.03. The van der Waals surface area contributed by atoms with Crippen LogP contribution in [0.25, 0.3) is 0 Å². The number of hydrogen-bond donors (Lipinski definition) is 2. The molecular weight excluding hydrogens is 434 g/mol. The van der Waals surface area contributed by atoms with Gasteiger partial charge in [0.25, 0.3) is 0 Å². The van der Waals surface area contributed by atoms with Gasteiger partial charge in [0, 0.05) is 19.6 Å². The van der Waals surface area contributed by atoms with Gasteiger partial charge in [0.05, 0.1) is 23.4 Å². The van der Waals surface area contributed by atoms with E-state index < -0.39 is 10.0 Å². The molecule has 0 atom stereocenters. The van der Waals surface area contributed by atoms with Crippen molar-refractivity contribution in [2.24, 2.45) is 0 Å². The van der Waals surface area contributed by atoms with Gasteiger partial charge in [-0.25, -0.2) is 8.42 Å². The molecule has 0 unspecified atom stereocenters. The predicted molar refractivity (Wildman–Crippen MR) is 135 cm³/mol. The lowest BCUT2D eigenvalue weighted by atomic mass is 9.90. The maximum atomic E-state index is 12.7. The van der Waals surface area contributed by atoms with E-state index in [1.807, 2.05) is 49.4 Å². The molecule has 1 fully saturated rings. The number of benzene rings is 3. The zero-order chi connectivity index (χ0) is 23.7. The number of rotatable bonds is 6. The quantitative estimate of drug-likeness (QED) is 0.500. The Morgan fingerprint density at radius 2 is 1.55 bits per heavy atom. The molecule has 0 aromatic heterocycles. The van der Waals surface area contributed by atoms with E-state index in [4.69, 9.17) is 10.5 Å². The molecule has 3 aromatic rings. The van der Waals surface area contributed by atoms with E-state index >= 15 is 0 Å². The van der Waals surface area contributed by atoms with Crippen molar-refractivity contribution in [3.63, 3.8) is 0 Å². The molecule has 0 aliphatic carbocycles. The van der Waals surface area contributed by atoms with Crippen LogP contribution < -0.4 is 15.8 Å². The highest BCUT2D eigenvalue weighted by Gasteiger charge is 2.29. The molecule has 176 valence electrons. The molecule has 0 spiro atoms. The van der Waals surface area contributed by atoms with Gasteiger partial charge in [-0.15, -0.1) is 0 Å². The molecule has 0 radical (unpaired) electrons. The molecule has 1 heterocycles. The minimum absolute atomic E-state index is 0.330. The van der Waals surface area contributed by atoms with Crippen LogP contribution in [-0.4, -0.2) is 39.5 Å². The molecule has 3 aromatic carbocycles. The van der Waals surface area contributed by atoms with Gasteiger partial charge in [-0.3, -0.25) is 0 Å². The molecule has 6 nitrogen and oxygen atoms in total. The molecule has 1 aliphatic rings. The summed E-state index contributed by atoms with van der Waals surface area (Å²) in [6, 6.07) is 24.7. The Bertz CT molecular complexity index is 1100.